The van der Waals surface area contributed by atoms with E-state index in [1.165, 1.54) is 12.3 Å². The average Bonchev–Trinajstić information content (AvgIpc) is 2.55. The van der Waals surface area contributed by atoms with Crippen molar-refractivity contribution in [2.75, 3.05) is 26.2 Å². The van der Waals surface area contributed by atoms with E-state index in [-0.39, 0.29) is 24.2 Å². The third-order valence-corrected chi connectivity index (χ3v) is 4.46. The molecule has 0 saturated carbocycles. The van der Waals surface area contributed by atoms with Crippen LogP contribution in [0.15, 0.2) is 23.1 Å². The van der Waals surface area contributed by atoms with Gasteiger partial charge in [-0.25, -0.2) is 9.18 Å². The first-order valence-electron chi connectivity index (χ1n) is 7.77. The van der Waals surface area contributed by atoms with E-state index < -0.39 is 27.4 Å². The molecule has 1 fully saturated rings. The Morgan fingerprint density at radius 1 is 1.42 bits per heavy atom. The molecule has 2 heterocycles. The summed E-state index contributed by atoms with van der Waals surface area (Å²) in [6.45, 7) is 3.55. The minimum Gasteiger partial charge on any atom is -0.627 e. The van der Waals surface area contributed by atoms with E-state index in [0.717, 1.165) is 6.07 Å². The van der Waals surface area contributed by atoms with Crippen LogP contribution in [-0.2, 0) is 6.54 Å². The molecule has 7 nitrogen and oxygen atoms in total. The molecule has 128 valence electrons. The molecule has 0 aliphatic carbocycles. The number of rotatable bonds is 3. The number of piperazine rings is 1. The van der Waals surface area contributed by atoms with Crippen LogP contribution >= 0.6 is 0 Å². The lowest BCUT2D eigenvalue weighted by atomic mass is 10.1. The van der Waals surface area contributed by atoms with Gasteiger partial charge in [-0.3, -0.25) is 4.79 Å². The van der Waals surface area contributed by atoms with E-state index in [9.17, 15) is 19.2 Å². The Bertz CT molecular complexity index is 872. The number of aryl methyl sites for hydroxylation is 1. The van der Waals surface area contributed by atoms with E-state index in [1.807, 2.05) is 0 Å². The molecule has 0 amide bonds. The largest absolute Gasteiger partial charge is 0.627 e. The highest BCUT2D eigenvalue weighted by Crippen LogP contribution is 2.30. The second-order valence-electron chi connectivity index (χ2n) is 5.87. The summed E-state index contributed by atoms with van der Waals surface area (Å²) in [5, 5.41) is 25.1. The van der Waals surface area contributed by atoms with Crippen LogP contribution in [-0.4, -0.2) is 41.8 Å². The van der Waals surface area contributed by atoms with E-state index in [2.05, 4.69) is 5.32 Å². The zero-order valence-electron chi connectivity index (χ0n) is 13.2. The van der Waals surface area contributed by atoms with Crippen molar-refractivity contribution in [2.45, 2.75) is 13.5 Å². The summed E-state index contributed by atoms with van der Waals surface area (Å²) < 4.78 is 15.3. The van der Waals surface area contributed by atoms with Gasteiger partial charge in [-0.05, 0) is 13.0 Å². The molecule has 1 aliphatic heterocycles. The van der Waals surface area contributed by atoms with E-state index in [1.54, 1.807) is 11.5 Å². The third-order valence-electron chi connectivity index (χ3n) is 4.46. The van der Waals surface area contributed by atoms with Crippen molar-refractivity contribution in [1.29, 1.82) is 0 Å². The molecule has 0 unspecified atom stereocenters. The number of hydroxylamine groups is 2. The number of aromatic carboxylic acids is 1. The van der Waals surface area contributed by atoms with Crippen molar-refractivity contribution in [3.63, 3.8) is 0 Å². The molecule has 2 N–H and O–H groups in total. The van der Waals surface area contributed by atoms with Crippen molar-refractivity contribution in [1.82, 2.24) is 14.5 Å². The van der Waals surface area contributed by atoms with Gasteiger partial charge in [-0.2, -0.15) is 0 Å². The van der Waals surface area contributed by atoms with Crippen molar-refractivity contribution in [3.05, 3.63) is 45.1 Å². The van der Waals surface area contributed by atoms with Crippen LogP contribution < -0.4 is 15.4 Å². The Labute approximate surface area is 137 Å². The molecule has 1 aromatic carbocycles. The number of quaternary nitrogens is 1. The minimum absolute atomic E-state index is 0.0197. The molecule has 0 bridgehead atoms. The zero-order valence-corrected chi connectivity index (χ0v) is 13.2. The van der Waals surface area contributed by atoms with Gasteiger partial charge in [0.1, 0.15) is 5.56 Å². The van der Waals surface area contributed by atoms with E-state index >= 15 is 0 Å². The fourth-order valence-corrected chi connectivity index (χ4v) is 3.12. The average molecular weight is 335 g/mol. The molecule has 1 aliphatic rings. The summed E-state index contributed by atoms with van der Waals surface area (Å²) in [6.07, 6.45) is 1.24. The number of pyridine rings is 1. The summed E-state index contributed by atoms with van der Waals surface area (Å²) >= 11 is 0. The lowest BCUT2D eigenvalue weighted by Crippen LogP contribution is -2.56. The first kappa shape index (κ1) is 16.6. The highest BCUT2D eigenvalue weighted by molar-refractivity contribution is 5.93. The highest BCUT2D eigenvalue weighted by atomic mass is 19.1. The molecule has 0 radical (unpaired) electrons. The lowest BCUT2D eigenvalue weighted by Gasteiger charge is -2.45. The van der Waals surface area contributed by atoms with Gasteiger partial charge in [-0.15, -0.1) is 0 Å². The summed E-state index contributed by atoms with van der Waals surface area (Å²) in [7, 11) is 0. The van der Waals surface area contributed by atoms with Crippen LogP contribution in [0.1, 0.15) is 17.3 Å². The van der Waals surface area contributed by atoms with Gasteiger partial charge < -0.3 is 24.8 Å². The van der Waals surface area contributed by atoms with Gasteiger partial charge in [0.2, 0.25) is 5.43 Å². The van der Waals surface area contributed by atoms with Crippen molar-refractivity contribution < 1.29 is 14.3 Å². The number of carbonyl (C=O) groups is 1. The van der Waals surface area contributed by atoms with Crippen LogP contribution in [0.25, 0.3) is 10.9 Å². The minimum atomic E-state index is -1.36. The second-order valence-corrected chi connectivity index (χ2v) is 5.87. The quantitative estimate of drug-likeness (QED) is 0.651. The summed E-state index contributed by atoms with van der Waals surface area (Å²) in [5.41, 5.74) is -0.806. The molecule has 2 aromatic rings. The Morgan fingerprint density at radius 2 is 2.08 bits per heavy atom. The van der Waals surface area contributed by atoms with Gasteiger partial charge in [0.25, 0.3) is 0 Å². The summed E-state index contributed by atoms with van der Waals surface area (Å²) in [6, 6.07) is 2.38. The Hall–Kier alpha value is -2.29. The van der Waals surface area contributed by atoms with Gasteiger partial charge in [-0.1, -0.05) is 0 Å². The molecule has 24 heavy (non-hydrogen) atoms. The Balaban J connectivity index is 2.29. The maximum Gasteiger partial charge on any atom is 0.341 e. The lowest BCUT2D eigenvalue weighted by molar-refractivity contribution is 0.0695. The van der Waals surface area contributed by atoms with Crippen molar-refractivity contribution >= 4 is 22.6 Å². The number of carboxylic acids is 1. The molecule has 8 heteroatoms. The molecule has 1 saturated heterocycles. The van der Waals surface area contributed by atoms with Crippen LogP contribution in [0.4, 0.5) is 10.1 Å². The fraction of sp³-hybridized carbons (Fsp3) is 0.375. The monoisotopic (exact) mass is 335 g/mol. The van der Waals surface area contributed by atoms with Gasteiger partial charge >= 0.3 is 5.97 Å². The number of nitrogens with one attached hydrogen (secondary N) is 1. The first-order valence-corrected chi connectivity index (χ1v) is 7.77. The number of benzene rings is 1. The number of halogens is 1. The van der Waals surface area contributed by atoms with Crippen LogP contribution in [0.2, 0.25) is 0 Å². The number of hydrogen-bond acceptors (Lipinski definition) is 4. The summed E-state index contributed by atoms with van der Waals surface area (Å²) in [5.74, 6) is -2.13. The standard InChI is InChI=1S/C16H18FN3O4/c1-2-19-9-11(16(22)23)15(21)10-7-12(17)14(8-13(10)19)20(24)5-3-18-4-6-20/h7-9,18H,2-6H2,1H3,(H,22,23). The fourth-order valence-electron chi connectivity index (χ4n) is 3.12. The SMILES string of the molecule is CCn1cc(C(=O)O)c(=O)c2cc(F)c([N+]3([O-])CCNCC3)cc21. The van der Waals surface area contributed by atoms with Crippen molar-refractivity contribution in [2.24, 2.45) is 0 Å². The predicted octanol–water partition coefficient (Wildman–Crippen LogP) is 1.27. The van der Waals surface area contributed by atoms with Crippen LogP contribution in [0.3, 0.4) is 0 Å². The number of hydrogen-bond donors (Lipinski definition) is 2. The predicted molar refractivity (Wildman–Crippen MR) is 88.6 cm³/mol. The maximum absolute atomic E-state index is 14.6. The van der Waals surface area contributed by atoms with Gasteiger partial charge in [0.05, 0.1) is 18.6 Å². The smallest absolute Gasteiger partial charge is 0.341 e. The molecule has 0 spiro atoms. The number of aromatic nitrogens is 1. The summed E-state index contributed by atoms with van der Waals surface area (Å²) in [4.78, 5) is 23.5. The molecule has 3 rings (SSSR count). The zero-order chi connectivity index (χ0) is 17.5. The van der Waals surface area contributed by atoms with E-state index in [0.29, 0.717) is 25.2 Å². The first-order chi connectivity index (χ1) is 11.4. The topological polar surface area (TPSA) is 94.4 Å². The molecular weight excluding hydrogens is 317 g/mol. The molecular formula is C16H18FN3O4. The Kier molecular flexibility index (Phi) is 4.12. The van der Waals surface area contributed by atoms with Crippen LogP contribution in [0, 0.1) is 11.0 Å². The van der Waals surface area contributed by atoms with Gasteiger partial charge in [0.15, 0.2) is 11.5 Å². The highest BCUT2D eigenvalue weighted by Gasteiger charge is 2.28. The number of nitrogens with zero attached hydrogens (tertiary/aromatic N) is 2. The number of carboxylic acid groups (broad SMARTS) is 1. The Morgan fingerprint density at radius 3 is 2.67 bits per heavy atom. The number of fused-ring (bicyclic) bond motifs is 1. The normalized spacial score (nSPS) is 17.1. The van der Waals surface area contributed by atoms with E-state index in [4.69, 9.17) is 5.11 Å². The van der Waals surface area contributed by atoms with Gasteiger partial charge in [0, 0.05) is 37.3 Å². The maximum atomic E-state index is 14.6. The van der Waals surface area contributed by atoms with Crippen molar-refractivity contribution in [3.8, 4) is 0 Å². The van der Waals surface area contributed by atoms with Crippen LogP contribution in [0.5, 0.6) is 0 Å². The molecule has 0 atom stereocenters. The molecule has 1 aromatic heterocycles. The third kappa shape index (κ3) is 2.58. The second kappa shape index (κ2) is 5.97.